The van der Waals surface area contributed by atoms with Crippen molar-refractivity contribution in [3.8, 4) is 5.69 Å². The molecule has 3 aromatic rings. The molecule has 3 rings (SSSR count). The molecule has 2 amide bonds. The fraction of sp³-hybridized carbons (Fsp3) is 0.0556. The standard InChI is InChI=1S/C18H17N5O4S/c1-13(24)20-14-7-9-16(10-8-14)28(26,27)22-21-18(25)17-11-19-12-23(17)15-5-3-2-4-6-15/h2-12,22H,1H3,(H,20,24)(H,21,25). The van der Waals surface area contributed by atoms with Gasteiger partial charge in [0, 0.05) is 18.3 Å². The predicted octanol–water partition coefficient (Wildman–Crippen LogP) is 1.45. The molecule has 0 atom stereocenters. The van der Waals surface area contributed by atoms with E-state index in [-0.39, 0.29) is 16.5 Å². The molecule has 1 aromatic heterocycles. The Morgan fingerprint density at radius 1 is 1.00 bits per heavy atom. The summed E-state index contributed by atoms with van der Waals surface area (Å²) in [5.74, 6) is -0.934. The van der Waals surface area contributed by atoms with Crippen LogP contribution in [0.1, 0.15) is 17.4 Å². The van der Waals surface area contributed by atoms with Gasteiger partial charge in [0.25, 0.3) is 15.9 Å². The number of benzene rings is 2. The number of imidazole rings is 1. The zero-order valence-electron chi connectivity index (χ0n) is 14.8. The molecular formula is C18H17N5O4S. The van der Waals surface area contributed by atoms with Crippen molar-refractivity contribution in [3.63, 3.8) is 0 Å². The number of carbonyl (C=O) groups excluding carboxylic acids is 2. The Labute approximate surface area is 161 Å². The van der Waals surface area contributed by atoms with Crippen molar-refractivity contribution in [2.75, 3.05) is 5.32 Å². The van der Waals surface area contributed by atoms with Crippen LogP contribution in [0.15, 0.2) is 72.0 Å². The maximum absolute atomic E-state index is 12.4. The average Bonchev–Trinajstić information content (AvgIpc) is 3.17. The number of hydrogen-bond donors (Lipinski definition) is 3. The van der Waals surface area contributed by atoms with Gasteiger partial charge in [-0.25, -0.2) is 13.4 Å². The van der Waals surface area contributed by atoms with Gasteiger partial charge in [-0.1, -0.05) is 18.2 Å². The highest BCUT2D eigenvalue weighted by Gasteiger charge is 2.18. The molecule has 10 heteroatoms. The molecule has 0 bridgehead atoms. The lowest BCUT2D eigenvalue weighted by Gasteiger charge is -2.11. The van der Waals surface area contributed by atoms with Crippen LogP contribution >= 0.6 is 0 Å². The third-order valence-corrected chi connectivity index (χ3v) is 4.95. The van der Waals surface area contributed by atoms with E-state index in [4.69, 9.17) is 0 Å². The lowest BCUT2D eigenvalue weighted by molar-refractivity contribution is -0.114. The zero-order chi connectivity index (χ0) is 20.1. The van der Waals surface area contributed by atoms with E-state index in [0.717, 1.165) is 0 Å². The van der Waals surface area contributed by atoms with Crippen LogP contribution in [-0.2, 0) is 14.8 Å². The molecular weight excluding hydrogens is 382 g/mol. The Kier molecular flexibility index (Phi) is 5.52. The summed E-state index contributed by atoms with van der Waals surface area (Å²) in [6.45, 7) is 1.35. The number of para-hydroxylation sites is 1. The first-order chi connectivity index (χ1) is 13.4. The van der Waals surface area contributed by atoms with Gasteiger partial charge in [-0.05, 0) is 36.4 Å². The molecule has 9 nitrogen and oxygen atoms in total. The van der Waals surface area contributed by atoms with Crippen LogP contribution in [-0.4, -0.2) is 29.8 Å². The largest absolute Gasteiger partial charge is 0.326 e. The minimum atomic E-state index is -3.99. The number of nitrogens with zero attached hydrogens (tertiary/aromatic N) is 2. The molecule has 0 spiro atoms. The Morgan fingerprint density at radius 3 is 2.32 bits per heavy atom. The van der Waals surface area contributed by atoms with Gasteiger partial charge in [-0.3, -0.25) is 19.6 Å². The van der Waals surface area contributed by atoms with Gasteiger partial charge in [0.05, 0.1) is 17.4 Å². The lowest BCUT2D eigenvalue weighted by atomic mass is 10.3. The number of anilines is 1. The quantitative estimate of drug-likeness (QED) is 0.542. The molecule has 2 aromatic carbocycles. The molecule has 28 heavy (non-hydrogen) atoms. The van der Waals surface area contributed by atoms with E-state index in [9.17, 15) is 18.0 Å². The number of rotatable bonds is 6. The van der Waals surface area contributed by atoms with E-state index in [2.05, 4.69) is 15.7 Å². The first-order valence-corrected chi connectivity index (χ1v) is 9.63. The average molecular weight is 399 g/mol. The van der Waals surface area contributed by atoms with Gasteiger partial charge in [0.15, 0.2) is 0 Å². The van der Waals surface area contributed by atoms with Crippen molar-refractivity contribution >= 4 is 27.5 Å². The maximum atomic E-state index is 12.4. The van der Waals surface area contributed by atoms with Gasteiger partial charge in [-0.2, -0.15) is 0 Å². The summed E-state index contributed by atoms with van der Waals surface area (Å²) in [7, 11) is -3.99. The van der Waals surface area contributed by atoms with Crippen molar-refractivity contribution in [1.29, 1.82) is 0 Å². The molecule has 0 fully saturated rings. The maximum Gasteiger partial charge on any atom is 0.284 e. The minimum absolute atomic E-state index is 0.0709. The summed E-state index contributed by atoms with van der Waals surface area (Å²) < 4.78 is 26.3. The predicted molar refractivity (Wildman–Crippen MR) is 102 cm³/mol. The summed E-state index contributed by atoms with van der Waals surface area (Å²) in [5, 5.41) is 2.54. The van der Waals surface area contributed by atoms with E-state index in [0.29, 0.717) is 11.4 Å². The van der Waals surface area contributed by atoms with Crippen LogP contribution in [0, 0.1) is 0 Å². The van der Waals surface area contributed by atoms with Gasteiger partial charge in [-0.15, -0.1) is 4.83 Å². The molecule has 0 saturated carbocycles. The van der Waals surface area contributed by atoms with E-state index in [1.54, 1.807) is 12.1 Å². The zero-order valence-corrected chi connectivity index (χ0v) is 15.6. The lowest BCUT2D eigenvalue weighted by Crippen LogP contribution is -2.42. The van der Waals surface area contributed by atoms with Crippen LogP contribution in [0.4, 0.5) is 5.69 Å². The van der Waals surface area contributed by atoms with Gasteiger partial charge >= 0.3 is 0 Å². The number of carbonyl (C=O) groups is 2. The van der Waals surface area contributed by atoms with Crippen LogP contribution in [0.2, 0.25) is 0 Å². The van der Waals surface area contributed by atoms with Crippen molar-refractivity contribution in [2.45, 2.75) is 11.8 Å². The Bertz CT molecular complexity index is 1090. The fourth-order valence-electron chi connectivity index (χ4n) is 2.41. The van der Waals surface area contributed by atoms with Gasteiger partial charge in [0.1, 0.15) is 5.69 Å². The van der Waals surface area contributed by atoms with E-state index < -0.39 is 15.9 Å². The first kappa shape index (κ1) is 19.3. The van der Waals surface area contributed by atoms with Crippen molar-refractivity contribution in [2.24, 2.45) is 0 Å². The summed E-state index contributed by atoms with van der Waals surface area (Å²) in [6, 6.07) is 14.6. The summed E-state index contributed by atoms with van der Waals surface area (Å²) in [6.07, 6.45) is 2.79. The second-order valence-electron chi connectivity index (χ2n) is 5.75. The Hall–Kier alpha value is -3.50. The van der Waals surface area contributed by atoms with Crippen molar-refractivity contribution < 1.29 is 18.0 Å². The molecule has 3 N–H and O–H groups in total. The van der Waals surface area contributed by atoms with Gasteiger partial charge in [0.2, 0.25) is 5.91 Å². The molecule has 0 aliphatic heterocycles. The van der Waals surface area contributed by atoms with E-state index >= 15 is 0 Å². The number of hydrogen-bond acceptors (Lipinski definition) is 5. The molecule has 0 aliphatic rings. The normalized spacial score (nSPS) is 11.0. The number of nitrogens with one attached hydrogen (secondary N) is 3. The summed E-state index contributed by atoms with van der Waals surface area (Å²) in [4.78, 5) is 29.3. The molecule has 0 aliphatic carbocycles. The highest BCUT2D eigenvalue weighted by atomic mass is 32.2. The van der Waals surface area contributed by atoms with Crippen LogP contribution < -0.4 is 15.6 Å². The van der Waals surface area contributed by atoms with Gasteiger partial charge < -0.3 is 5.32 Å². The second kappa shape index (κ2) is 8.03. The third kappa shape index (κ3) is 4.42. The van der Waals surface area contributed by atoms with E-state index in [1.165, 1.54) is 48.3 Å². The smallest absolute Gasteiger partial charge is 0.284 e. The second-order valence-corrected chi connectivity index (χ2v) is 7.43. The highest BCUT2D eigenvalue weighted by Crippen LogP contribution is 2.14. The molecule has 144 valence electrons. The molecule has 0 radical (unpaired) electrons. The summed E-state index contributed by atoms with van der Waals surface area (Å²) >= 11 is 0. The third-order valence-electron chi connectivity index (χ3n) is 3.69. The number of sulfonamides is 1. The topological polar surface area (TPSA) is 122 Å². The molecule has 0 saturated heterocycles. The van der Waals surface area contributed by atoms with Crippen molar-refractivity contribution in [3.05, 3.63) is 72.8 Å². The first-order valence-electron chi connectivity index (χ1n) is 8.14. The molecule has 0 unspecified atom stereocenters. The van der Waals surface area contributed by atoms with Crippen LogP contribution in [0.25, 0.3) is 5.69 Å². The SMILES string of the molecule is CC(=O)Nc1ccc(S(=O)(=O)NNC(=O)c2cncn2-c2ccccc2)cc1. The Morgan fingerprint density at radius 2 is 1.68 bits per heavy atom. The van der Waals surface area contributed by atoms with Crippen LogP contribution in [0.3, 0.4) is 0 Å². The highest BCUT2D eigenvalue weighted by molar-refractivity contribution is 7.89. The van der Waals surface area contributed by atoms with E-state index in [1.807, 2.05) is 23.0 Å². The monoisotopic (exact) mass is 399 g/mol. The van der Waals surface area contributed by atoms with Crippen LogP contribution in [0.5, 0.6) is 0 Å². The minimum Gasteiger partial charge on any atom is -0.326 e. The Balaban J connectivity index is 1.71. The number of aromatic nitrogens is 2. The summed E-state index contributed by atoms with van der Waals surface area (Å²) in [5.41, 5.74) is 3.51. The van der Waals surface area contributed by atoms with Crippen molar-refractivity contribution in [1.82, 2.24) is 19.8 Å². The number of hydrazine groups is 1. The fourth-order valence-corrected chi connectivity index (χ4v) is 3.25. The number of amides is 2. The molecule has 1 heterocycles.